The molecule has 2 rings (SSSR count). The summed E-state index contributed by atoms with van der Waals surface area (Å²) in [4.78, 5) is 3.76. The van der Waals surface area contributed by atoms with Crippen molar-refractivity contribution in [1.29, 1.82) is 0 Å². The molecule has 1 N–H and O–H groups in total. The molecular formula is C14H8Cl2F3NO. The highest BCUT2D eigenvalue weighted by molar-refractivity contribution is 6.36. The van der Waals surface area contributed by atoms with Crippen LogP contribution < -0.4 is 0 Å². The van der Waals surface area contributed by atoms with E-state index in [4.69, 9.17) is 23.2 Å². The number of para-hydroxylation sites is 1. The molecule has 0 fully saturated rings. The molecule has 0 radical (unpaired) electrons. The van der Waals surface area contributed by atoms with Gasteiger partial charge in [-0.2, -0.15) is 13.2 Å². The first kappa shape index (κ1) is 15.7. The monoisotopic (exact) mass is 333 g/mol. The van der Waals surface area contributed by atoms with Crippen molar-refractivity contribution in [1.82, 2.24) is 0 Å². The largest absolute Gasteiger partial charge is 0.506 e. The van der Waals surface area contributed by atoms with Crippen LogP contribution in [0.4, 0.5) is 18.9 Å². The van der Waals surface area contributed by atoms with Crippen LogP contribution in [-0.2, 0) is 6.18 Å². The van der Waals surface area contributed by atoms with Gasteiger partial charge in [0.25, 0.3) is 0 Å². The van der Waals surface area contributed by atoms with Crippen LogP contribution in [0.3, 0.4) is 0 Å². The summed E-state index contributed by atoms with van der Waals surface area (Å²) in [7, 11) is 0. The van der Waals surface area contributed by atoms with Gasteiger partial charge in [-0.25, -0.2) is 0 Å². The van der Waals surface area contributed by atoms with E-state index >= 15 is 0 Å². The molecule has 0 aromatic heterocycles. The van der Waals surface area contributed by atoms with Crippen LogP contribution in [0.25, 0.3) is 0 Å². The number of hydrogen-bond acceptors (Lipinski definition) is 2. The third kappa shape index (κ3) is 3.68. The molecule has 0 bridgehead atoms. The first-order valence-corrected chi connectivity index (χ1v) is 6.43. The maximum atomic E-state index is 12.8. The molecular weight excluding hydrogens is 326 g/mol. The van der Waals surface area contributed by atoms with Crippen molar-refractivity contribution in [2.24, 2.45) is 4.99 Å². The number of aromatic hydroxyl groups is 1. The van der Waals surface area contributed by atoms with Crippen LogP contribution in [0.2, 0.25) is 10.0 Å². The molecule has 0 spiro atoms. The van der Waals surface area contributed by atoms with Gasteiger partial charge in [0.1, 0.15) is 5.75 Å². The third-order valence-corrected chi connectivity index (χ3v) is 3.12. The van der Waals surface area contributed by atoms with Crippen LogP contribution in [0, 0.1) is 0 Å². The maximum absolute atomic E-state index is 12.8. The summed E-state index contributed by atoms with van der Waals surface area (Å²) in [5, 5.41) is 9.96. The number of rotatable bonds is 2. The van der Waals surface area contributed by atoms with Gasteiger partial charge in [-0.15, -0.1) is 0 Å². The third-order valence-electron chi connectivity index (χ3n) is 2.61. The second-order valence-corrected chi connectivity index (χ2v) is 4.94. The Hall–Kier alpha value is -1.72. The molecule has 0 unspecified atom stereocenters. The number of benzene rings is 2. The molecule has 0 saturated carbocycles. The summed E-state index contributed by atoms with van der Waals surface area (Å²) in [5.41, 5.74) is -1.00. The molecule has 0 amide bonds. The van der Waals surface area contributed by atoms with Crippen molar-refractivity contribution in [3.05, 3.63) is 57.6 Å². The molecule has 2 nitrogen and oxygen atoms in total. The lowest BCUT2D eigenvalue weighted by atomic mass is 10.1. The van der Waals surface area contributed by atoms with Crippen molar-refractivity contribution in [3.63, 3.8) is 0 Å². The predicted molar refractivity (Wildman–Crippen MR) is 76.8 cm³/mol. The summed E-state index contributed by atoms with van der Waals surface area (Å²) in [5.74, 6) is -0.297. The molecule has 0 aliphatic carbocycles. The number of alkyl halides is 3. The normalized spacial score (nSPS) is 12.0. The summed E-state index contributed by atoms with van der Waals surface area (Å²) >= 11 is 11.5. The van der Waals surface area contributed by atoms with E-state index in [9.17, 15) is 18.3 Å². The van der Waals surface area contributed by atoms with Crippen molar-refractivity contribution in [2.45, 2.75) is 6.18 Å². The molecule has 0 heterocycles. The standard InChI is InChI=1S/C14H8Cl2F3NO/c15-9-5-8(13(21)11(16)6-9)7-20-12-4-2-1-3-10(12)14(17,18)19/h1-7,21H/b20-7+. The van der Waals surface area contributed by atoms with E-state index in [-0.39, 0.29) is 27.0 Å². The van der Waals surface area contributed by atoms with E-state index in [1.54, 1.807) is 0 Å². The minimum Gasteiger partial charge on any atom is -0.506 e. The Labute approximate surface area is 128 Å². The lowest BCUT2D eigenvalue weighted by Crippen LogP contribution is -2.04. The van der Waals surface area contributed by atoms with E-state index < -0.39 is 11.7 Å². The molecule has 7 heteroatoms. The zero-order valence-corrected chi connectivity index (χ0v) is 11.8. The van der Waals surface area contributed by atoms with Crippen LogP contribution in [-0.4, -0.2) is 11.3 Å². The van der Waals surface area contributed by atoms with Gasteiger partial charge in [0.05, 0.1) is 16.3 Å². The summed E-state index contributed by atoms with van der Waals surface area (Å²) in [6, 6.07) is 7.53. The van der Waals surface area contributed by atoms with Gasteiger partial charge in [0, 0.05) is 16.8 Å². The average Bonchev–Trinajstić information content (AvgIpc) is 2.40. The highest BCUT2D eigenvalue weighted by atomic mass is 35.5. The lowest BCUT2D eigenvalue weighted by Gasteiger charge is -2.09. The maximum Gasteiger partial charge on any atom is 0.418 e. The molecule has 110 valence electrons. The number of aliphatic imine (C=N–C) groups is 1. The SMILES string of the molecule is Oc1c(Cl)cc(Cl)cc1/C=N/c1ccccc1C(F)(F)F. The van der Waals surface area contributed by atoms with Crippen LogP contribution >= 0.6 is 23.2 Å². The average molecular weight is 334 g/mol. The van der Waals surface area contributed by atoms with Crippen molar-refractivity contribution < 1.29 is 18.3 Å². The fourth-order valence-electron chi connectivity index (χ4n) is 1.65. The topological polar surface area (TPSA) is 32.6 Å². The van der Waals surface area contributed by atoms with Gasteiger partial charge < -0.3 is 5.11 Å². The van der Waals surface area contributed by atoms with Gasteiger partial charge in [-0.1, -0.05) is 35.3 Å². The molecule has 0 saturated heterocycles. The Balaban J connectivity index is 2.44. The number of nitrogens with zero attached hydrogens (tertiary/aromatic N) is 1. The number of halogens is 5. The second kappa shape index (κ2) is 5.95. The minimum absolute atomic E-state index is 0.00643. The molecule has 2 aromatic rings. The van der Waals surface area contributed by atoms with Crippen LogP contribution in [0.15, 0.2) is 41.4 Å². The van der Waals surface area contributed by atoms with E-state index in [2.05, 4.69) is 4.99 Å². The molecule has 0 aliphatic heterocycles. The fourth-order valence-corrected chi connectivity index (χ4v) is 2.16. The Morgan fingerprint density at radius 3 is 2.43 bits per heavy atom. The van der Waals surface area contributed by atoms with E-state index in [0.717, 1.165) is 12.3 Å². The molecule has 21 heavy (non-hydrogen) atoms. The lowest BCUT2D eigenvalue weighted by molar-refractivity contribution is -0.137. The summed E-state index contributed by atoms with van der Waals surface area (Å²) in [6.07, 6.45) is -3.43. The zero-order chi connectivity index (χ0) is 15.6. The van der Waals surface area contributed by atoms with Crippen LogP contribution in [0.5, 0.6) is 5.75 Å². The Bertz CT molecular complexity index is 699. The van der Waals surface area contributed by atoms with Crippen molar-refractivity contribution in [3.8, 4) is 5.75 Å². The summed E-state index contributed by atoms with van der Waals surface area (Å²) < 4.78 is 38.4. The highest BCUT2D eigenvalue weighted by Crippen LogP contribution is 2.36. The van der Waals surface area contributed by atoms with Gasteiger partial charge in [-0.3, -0.25) is 4.99 Å². The minimum atomic E-state index is -4.51. The second-order valence-electron chi connectivity index (χ2n) is 4.10. The van der Waals surface area contributed by atoms with Gasteiger partial charge in [-0.05, 0) is 24.3 Å². The van der Waals surface area contributed by atoms with Crippen molar-refractivity contribution >= 4 is 35.1 Å². The van der Waals surface area contributed by atoms with Crippen LogP contribution in [0.1, 0.15) is 11.1 Å². The first-order valence-electron chi connectivity index (χ1n) is 5.67. The first-order chi connectivity index (χ1) is 9.79. The molecule has 0 aliphatic rings. The summed E-state index contributed by atoms with van der Waals surface area (Å²) in [6.45, 7) is 0. The zero-order valence-electron chi connectivity index (χ0n) is 10.3. The van der Waals surface area contributed by atoms with Gasteiger partial charge in [0.15, 0.2) is 0 Å². The fraction of sp³-hybridized carbons (Fsp3) is 0.0714. The van der Waals surface area contributed by atoms with E-state index in [1.807, 2.05) is 0 Å². The predicted octanol–water partition coefficient (Wildman–Crippen LogP) is 5.47. The highest BCUT2D eigenvalue weighted by Gasteiger charge is 2.33. The Kier molecular flexibility index (Phi) is 4.44. The Morgan fingerprint density at radius 2 is 1.76 bits per heavy atom. The van der Waals surface area contributed by atoms with E-state index in [1.165, 1.54) is 30.3 Å². The Morgan fingerprint density at radius 1 is 1.10 bits per heavy atom. The number of phenols is 1. The van der Waals surface area contributed by atoms with Crippen molar-refractivity contribution in [2.75, 3.05) is 0 Å². The quantitative estimate of drug-likeness (QED) is 0.726. The van der Waals surface area contributed by atoms with Gasteiger partial charge >= 0.3 is 6.18 Å². The number of phenolic OH excluding ortho intramolecular Hbond substituents is 1. The smallest absolute Gasteiger partial charge is 0.418 e. The number of hydrogen-bond donors (Lipinski definition) is 1. The van der Waals surface area contributed by atoms with Gasteiger partial charge in [0.2, 0.25) is 0 Å². The van der Waals surface area contributed by atoms with E-state index in [0.29, 0.717) is 0 Å². The molecule has 2 aromatic carbocycles. The molecule has 0 atom stereocenters.